The van der Waals surface area contributed by atoms with Gasteiger partial charge in [0.15, 0.2) is 0 Å². The molecule has 1 aliphatic heterocycles. The lowest BCUT2D eigenvalue weighted by atomic mass is 10.3. The minimum atomic E-state index is 0.375. The van der Waals surface area contributed by atoms with E-state index in [1.807, 2.05) is 29.6 Å². The molecule has 1 aromatic rings. The van der Waals surface area contributed by atoms with Gasteiger partial charge in [-0.2, -0.15) is 11.8 Å². The van der Waals surface area contributed by atoms with Crippen LogP contribution in [0.4, 0.5) is 5.82 Å². The van der Waals surface area contributed by atoms with Gasteiger partial charge < -0.3 is 10.1 Å². The molecule has 0 saturated carbocycles. The molecule has 3 unspecified atom stereocenters. The van der Waals surface area contributed by atoms with Gasteiger partial charge in [-0.15, -0.1) is 11.8 Å². The Morgan fingerprint density at radius 3 is 2.80 bits per heavy atom. The van der Waals surface area contributed by atoms with Gasteiger partial charge in [-0.25, -0.2) is 9.97 Å². The van der Waals surface area contributed by atoms with E-state index in [-0.39, 0.29) is 0 Å². The molecule has 2 rings (SSSR count). The van der Waals surface area contributed by atoms with Crippen LogP contribution in [0.2, 0.25) is 0 Å². The number of nitrogens with one attached hydrogen (secondary N) is 1. The second-order valence-corrected chi connectivity index (χ2v) is 7.93. The van der Waals surface area contributed by atoms with E-state index in [1.165, 1.54) is 0 Å². The van der Waals surface area contributed by atoms with E-state index in [1.54, 1.807) is 7.11 Å². The molecule has 0 aromatic carbocycles. The number of hydrogen-bond acceptors (Lipinski definition) is 6. The van der Waals surface area contributed by atoms with Crippen LogP contribution < -0.4 is 5.32 Å². The van der Waals surface area contributed by atoms with Crippen molar-refractivity contribution in [3.8, 4) is 0 Å². The van der Waals surface area contributed by atoms with Crippen molar-refractivity contribution in [2.24, 2.45) is 0 Å². The summed E-state index contributed by atoms with van der Waals surface area (Å²) in [6.07, 6.45) is 0. The van der Waals surface area contributed by atoms with Crippen LogP contribution in [-0.4, -0.2) is 39.9 Å². The molecule has 1 saturated heterocycles. The Bertz CT molecular complexity index is 420. The summed E-state index contributed by atoms with van der Waals surface area (Å²) in [7, 11) is 1.70. The van der Waals surface area contributed by atoms with E-state index in [4.69, 9.17) is 4.74 Å². The number of nitrogens with zero attached hydrogens (tertiary/aromatic N) is 2. The van der Waals surface area contributed by atoms with Gasteiger partial charge in [-0.05, 0) is 6.92 Å². The zero-order chi connectivity index (χ0) is 14.5. The molecule has 112 valence electrons. The number of thioether (sulfide) groups is 2. The lowest BCUT2D eigenvalue weighted by molar-refractivity contribution is 0.181. The number of ether oxygens (including phenoxy) is 1. The molecule has 0 spiro atoms. The normalized spacial score (nSPS) is 26.5. The predicted molar refractivity (Wildman–Crippen MR) is 88.6 cm³/mol. The molecular weight excluding hydrogens is 290 g/mol. The maximum absolute atomic E-state index is 5.21. The summed E-state index contributed by atoms with van der Waals surface area (Å²) < 4.78 is 5.21. The Balaban J connectivity index is 2.20. The fraction of sp³-hybridized carbons (Fsp3) is 0.714. The molecule has 0 radical (unpaired) electrons. The standard InChI is InChI=1S/C14H23N3OS2/c1-5-15-13-6-11(7-18-4)16-14(17-13)12-8-19-9(2)10(3)20-12/h6,9-10,12H,5,7-8H2,1-4H3,(H,15,16,17). The average molecular weight is 313 g/mol. The molecule has 3 atom stereocenters. The lowest BCUT2D eigenvalue weighted by Gasteiger charge is -2.30. The fourth-order valence-corrected chi connectivity index (χ4v) is 4.92. The molecule has 1 aliphatic rings. The highest BCUT2D eigenvalue weighted by atomic mass is 32.2. The van der Waals surface area contributed by atoms with Crippen LogP contribution in [0, 0.1) is 0 Å². The molecule has 1 fully saturated rings. The lowest BCUT2D eigenvalue weighted by Crippen LogP contribution is -2.23. The minimum absolute atomic E-state index is 0.375. The van der Waals surface area contributed by atoms with E-state index in [0.717, 1.165) is 29.6 Å². The van der Waals surface area contributed by atoms with Crippen LogP contribution in [0.5, 0.6) is 0 Å². The largest absolute Gasteiger partial charge is 0.378 e. The number of aromatic nitrogens is 2. The van der Waals surface area contributed by atoms with Crippen molar-refractivity contribution in [1.82, 2.24) is 9.97 Å². The quantitative estimate of drug-likeness (QED) is 0.899. The van der Waals surface area contributed by atoms with Crippen molar-refractivity contribution >= 4 is 29.3 Å². The zero-order valence-corrected chi connectivity index (χ0v) is 14.2. The van der Waals surface area contributed by atoms with E-state index in [0.29, 0.717) is 22.4 Å². The Hall–Kier alpha value is -0.460. The highest BCUT2D eigenvalue weighted by Crippen LogP contribution is 2.43. The van der Waals surface area contributed by atoms with Crippen molar-refractivity contribution in [3.63, 3.8) is 0 Å². The van der Waals surface area contributed by atoms with Crippen molar-refractivity contribution in [2.75, 3.05) is 24.7 Å². The molecule has 1 N–H and O–H groups in total. The molecule has 0 bridgehead atoms. The smallest absolute Gasteiger partial charge is 0.144 e. The summed E-state index contributed by atoms with van der Waals surface area (Å²) in [6.45, 7) is 8.06. The van der Waals surface area contributed by atoms with Gasteiger partial charge in [-0.1, -0.05) is 13.8 Å². The topological polar surface area (TPSA) is 47.0 Å². The first-order chi connectivity index (χ1) is 9.63. The SMILES string of the molecule is CCNc1cc(COC)nc(C2CSC(C)C(C)S2)n1. The summed E-state index contributed by atoms with van der Waals surface area (Å²) in [5.41, 5.74) is 0.949. The number of anilines is 1. The highest BCUT2D eigenvalue weighted by molar-refractivity contribution is 8.07. The van der Waals surface area contributed by atoms with Crippen LogP contribution in [-0.2, 0) is 11.3 Å². The summed E-state index contributed by atoms with van der Waals surface area (Å²) >= 11 is 4.00. The first-order valence-electron chi connectivity index (χ1n) is 7.01. The number of hydrogen-bond donors (Lipinski definition) is 1. The van der Waals surface area contributed by atoms with Crippen LogP contribution in [0.3, 0.4) is 0 Å². The molecule has 20 heavy (non-hydrogen) atoms. The van der Waals surface area contributed by atoms with Gasteiger partial charge in [0.2, 0.25) is 0 Å². The third-order valence-corrected chi connectivity index (χ3v) is 6.67. The maximum Gasteiger partial charge on any atom is 0.144 e. The van der Waals surface area contributed by atoms with Gasteiger partial charge in [0, 0.05) is 36.0 Å². The first-order valence-corrected chi connectivity index (χ1v) is 9.01. The molecule has 0 amide bonds. The molecule has 2 heterocycles. The molecule has 4 nitrogen and oxygen atoms in total. The minimum Gasteiger partial charge on any atom is -0.378 e. The third kappa shape index (κ3) is 4.02. The van der Waals surface area contributed by atoms with Crippen LogP contribution in [0.25, 0.3) is 0 Å². The summed E-state index contributed by atoms with van der Waals surface area (Å²) in [6, 6.07) is 1.98. The molecule has 0 aliphatic carbocycles. The second-order valence-electron chi connectivity index (χ2n) is 4.93. The molecule has 6 heteroatoms. The summed E-state index contributed by atoms with van der Waals surface area (Å²) in [4.78, 5) is 9.35. The molecule has 1 aromatic heterocycles. The van der Waals surface area contributed by atoms with Gasteiger partial charge in [-0.3, -0.25) is 0 Å². The van der Waals surface area contributed by atoms with Crippen molar-refractivity contribution in [3.05, 3.63) is 17.6 Å². The second kappa shape index (κ2) is 7.52. The van der Waals surface area contributed by atoms with Crippen molar-refractivity contribution in [2.45, 2.75) is 43.1 Å². The van der Waals surface area contributed by atoms with Gasteiger partial charge in [0.1, 0.15) is 11.6 Å². The Morgan fingerprint density at radius 1 is 1.35 bits per heavy atom. The van der Waals surface area contributed by atoms with E-state index < -0.39 is 0 Å². The third-order valence-electron chi connectivity index (χ3n) is 3.29. The van der Waals surface area contributed by atoms with Gasteiger partial charge in [0.25, 0.3) is 0 Å². The van der Waals surface area contributed by atoms with Crippen LogP contribution >= 0.6 is 23.5 Å². The van der Waals surface area contributed by atoms with Gasteiger partial charge in [0.05, 0.1) is 17.6 Å². The predicted octanol–water partition coefficient (Wildman–Crippen LogP) is 3.35. The first kappa shape index (κ1) is 15.9. The Labute approximate surface area is 129 Å². The Kier molecular flexibility index (Phi) is 5.99. The highest BCUT2D eigenvalue weighted by Gasteiger charge is 2.28. The Morgan fingerprint density at radius 2 is 2.15 bits per heavy atom. The van der Waals surface area contributed by atoms with Gasteiger partial charge >= 0.3 is 0 Å². The number of rotatable bonds is 5. The summed E-state index contributed by atoms with van der Waals surface area (Å²) in [5, 5.41) is 4.99. The monoisotopic (exact) mass is 313 g/mol. The summed E-state index contributed by atoms with van der Waals surface area (Å²) in [5.74, 6) is 2.92. The van der Waals surface area contributed by atoms with Crippen LogP contribution in [0.15, 0.2) is 6.07 Å². The zero-order valence-electron chi connectivity index (χ0n) is 12.5. The average Bonchev–Trinajstić information content (AvgIpc) is 2.42. The maximum atomic E-state index is 5.21. The van der Waals surface area contributed by atoms with Crippen molar-refractivity contribution in [1.29, 1.82) is 0 Å². The fourth-order valence-electron chi connectivity index (χ4n) is 2.07. The van der Waals surface area contributed by atoms with Crippen LogP contribution in [0.1, 0.15) is 37.5 Å². The number of methoxy groups -OCH3 is 1. The van der Waals surface area contributed by atoms with Crippen molar-refractivity contribution < 1.29 is 4.74 Å². The van der Waals surface area contributed by atoms with E-state index in [9.17, 15) is 0 Å². The molecular formula is C14H23N3OS2. The van der Waals surface area contributed by atoms with E-state index >= 15 is 0 Å². The van der Waals surface area contributed by atoms with E-state index in [2.05, 4.69) is 36.1 Å².